The minimum atomic E-state index is 0.253. The number of rotatable bonds is 4. The summed E-state index contributed by atoms with van der Waals surface area (Å²) < 4.78 is 0. The zero-order valence-corrected chi connectivity index (χ0v) is 13.2. The summed E-state index contributed by atoms with van der Waals surface area (Å²) in [5, 5.41) is 3.64. The van der Waals surface area contributed by atoms with Gasteiger partial charge in [-0.15, -0.1) is 0 Å². The summed E-state index contributed by atoms with van der Waals surface area (Å²) >= 11 is 0. The molecule has 0 unspecified atom stereocenters. The van der Waals surface area contributed by atoms with Gasteiger partial charge in [-0.1, -0.05) is 26.3 Å². The van der Waals surface area contributed by atoms with Crippen molar-refractivity contribution >= 4 is 12.1 Å². The molecule has 1 fully saturated rings. The number of carbonyl (C=O) groups is 1. The zero-order chi connectivity index (χ0) is 14.9. The predicted molar refractivity (Wildman–Crippen MR) is 86.9 cm³/mol. The van der Waals surface area contributed by atoms with Crippen molar-refractivity contribution in [3.8, 4) is 0 Å². The Kier molecular flexibility index (Phi) is 3.92. The highest BCUT2D eigenvalue weighted by atomic mass is 16.1. The molecular formula is C18H26N2O. The van der Waals surface area contributed by atoms with Crippen LogP contribution in [0, 0.1) is 0 Å². The molecule has 1 saturated heterocycles. The fourth-order valence-electron chi connectivity index (χ4n) is 3.97. The minimum Gasteiger partial charge on any atom is -0.384 e. The number of hydrogen-bond acceptors (Lipinski definition) is 2. The quantitative estimate of drug-likeness (QED) is 0.863. The van der Waals surface area contributed by atoms with E-state index in [2.05, 4.69) is 31.3 Å². The largest absolute Gasteiger partial charge is 0.384 e. The molecule has 2 aliphatic heterocycles. The fraction of sp³-hybridized carbons (Fsp3) is 0.611. The lowest BCUT2D eigenvalue weighted by molar-refractivity contribution is -0.119. The van der Waals surface area contributed by atoms with E-state index in [4.69, 9.17) is 0 Å². The number of benzene rings is 1. The summed E-state index contributed by atoms with van der Waals surface area (Å²) in [6.07, 6.45) is 6.65. The molecular weight excluding hydrogens is 260 g/mol. The standard InChI is InChI=1S/C18H26N2O/c1-3-5-15-11-17-16(10-14(15)4-2)18(12-19-17)6-8-20(13-21)9-7-18/h10-11,13,19H,3-9,12H2,1-2H3. The lowest BCUT2D eigenvalue weighted by Gasteiger charge is -2.38. The summed E-state index contributed by atoms with van der Waals surface area (Å²) in [7, 11) is 0. The first kappa shape index (κ1) is 14.4. The second-order valence-corrected chi connectivity index (χ2v) is 6.55. The van der Waals surface area contributed by atoms with Crippen molar-refractivity contribution < 1.29 is 4.79 Å². The summed E-state index contributed by atoms with van der Waals surface area (Å²) in [6.45, 7) is 7.32. The Balaban J connectivity index is 1.93. The van der Waals surface area contributed by atoms with Gasteiger partial charge in [0.15, 0.2) is 0 Å². The summed E-state index contributed by atoms with van der Waals surface area (Å²) in [6, 6.07) is 4.84. The van der Waals surface area contributed by atoms with E-state index in [9.17, 15) is 4.79 Å². The molecule has 2 heterocycles. The van der Waals surface area contributed by atoms with E-state index in [1.807, 2.05) is 4.90 Å². The van der Waals surface area contributed by atoms with Crippen LogP contribution in [0.15, 0.2) is 12.1 Å². The van der Waals surface area contributed by atoms with E-state index < -0.39 is 0 Å². The van der Waals surface area contributed by atoms with Crippen LogP contribution in [-0.2, 0) is 23.1 Å². The number of likely N-dealkylation sites (tertiary alicyclic amines) is 1. The van der Waals surface area contributed by atoms with Crippen LogP contribution < -0.4 is 5.32 Å². The van der Waals surface area contributed by atoms with E-state index in [1.165, 1.54) is 35.2 Å². The van der Waals surface area contributed by atoms with Crippen LogP contribution in [0.25, 0.3) is 0 Å². The average Bonchev–Trinajstić information content (AvgIpc) is 2.85. The maximum absolute atomic E-state index is 10.9. The van der Waals surface area contributed by atoms with Crippen LogP contribution in [0.3, 0.4) is 0 Å². The Hall–Kier alpha value is -1.51. The second-order valence-electron chi connectivity index (χ2n) is 6.55. The molecule has 1 aromatic carbocycles. The maximum Gasteiger partial charge on any atom is 0.209 e. The Morgan fingerprint density at radius 2 is 2.00 bits per heavy atom. The maximum atomic E-state index is 10.9. The first-order valence-corrected chi connectivity index (χ1v) is 8.32. The molecule has 3 rings (SSSR count). The third kappa shape index (κ3) is 2.43. The van der Waals surface area contributed by atoms with Crippen LogP contribution in [0.5, 0.6) is 0 Å². The summed E-state index contributed by atoms with van der Waals surface area (Å²) in [5.41, 5.74) is 6.12. The van der Waals surface area contributed by atoms with E-state index in [0.717, 1.165) is 45.3 Å². The predicted octanol–water partition coefficient (Wildman–Crippen LogP) is 3.12. The van der Waals surface area contributed by atoms with Crippen molar-refractivity contribution in [2.75, 3.05) is 25.0 Å². The van der Waals surface area contributed by atoms with Crippen LogP contribution in [-0.4, -0.2) is 30.9 Å². The smallest absolute Gasteiger partial charge is 0.209 e. The van der Waals surface area contributed by atoms with Crippen molar-refractivity contribution in [2.45, 2.75) is 51.4 Å². The second kappa shape index (κ2) is 5.70. The number of carbonyl (C=O) groups excluding carboxylic acids is 1. The molecule has 2 aliphatic rings. The molecule has 21 heavy (non-hydrogen) atoms. The third-order valence-corrected chi connectivity index (χ3v) is 5.33. The van der Waals surface area contributed by atoms with Crippen molar-refractivity contribution in [1.82, 2.24) is 4.90 Å². The monoisotopic (exact) mass is 286 g/mol. The number of hydrogen-bond donors (Lipinski definition) is 1. The first-order valence-electron chi connectivity index (χ1n) is 8.32. The third-order valence-electron chi connectivity index (χ3n) is 5.33. The van der Waals surface area contributed by atoms with Crippen LogP contribution in [0.2, 0.25) is 0 Å². The Bertz CT molecular complexity index is 530. The molecule has 3 nitrogen and oxygen atoms in total. The van der Waals surface area contributed by atoms with Crippen LogP contribution >= 0.6 is 0 Å². The van der Waals surface area contributed by atoms with E-state index in [1.54, 1.807) is 0 Å². The number of amides is 1. The minimum absolute atomic E-state index is 0.253. The van der Waals surface area contributed by atoms with Crippen LogP contribution in [0.1, 0.15) is 49.8 Å². The van der Waals surface area contributed by atoms with Gasteiger partial charge >= 0.3 is 0 Å². The van der Waals surface area contributed by atoms with Gasteiger partial charge in [-0.05, 0) is 48.4 Å². The average molecular weight is 286 g/mol. The summed E-state index contributed by atoms with van der Waals surface area (Å²) in [4.78, 5) is 12.8. The lowest BCUT2D eigenvalue weighted by Crippen LogP contribution is -2.43. The van der Waals surface area contributed by atoms with Gasteiger partial charge < -0.3 is 10.2 Å². The topological polar surface area (TPSA) is 32.3 Å². The van der Waals surface area contributed by atoms with Crippen molar-refractivity contribution in [3.63, 3.8) is 0 Å². The van der Waals surface area contributed by atoms with Crippen molar-refractivity contribution in [3.05, 3.63) is 28.8 Å². The van der Waals surface area contributed by atoms with Gasteiger partial charge in [-0.25, -0.2) is 0 Å². The van der Waals surface area contributed by atoms with Gasteiger partial charge in [0.1, 0.15) is 0 Å². The highest BCUT2D eigenvalue weighted by Crippen LogP contribution is 2.45. The van der Waals surface area contributed by atoms with Crippen LogP contribution in [0.4, 0.5) is 5.69 Å². The highest BCUT2D eigenvalue weighted by molar-refractivity contribution is 5.64. The Labute approximate surface area is 127 Å². The number of nitrogens with one attached hydrogen (secondary N) is 1. The van der Waals surface area contributed by atoms with Crippen molar-refractivity contribution in [1.29, 1.82) is 0 Å². The van der Waals surface area contributed by atoms with Crippen molar-refractivity contribution in [2.24, 2.45) is 0 Å². The number of fused-ring (bicyclic) bond motifs is 2. The molecule has 0 radical (unpaired) electrons. The van der Waals surface area contributed by atoms with Gasteiger partial charge in [0.2, 0.25) is 6.41 Å². The normalized spacial score (nSPS) is 19.4. The Morgan fingerprint density at radius 3 is 2.62 bits per heavy atom. The molecule has 3 heteroatoms. The number of piperidine rings is 1. The van der Waals surface area contributed by atoms with Gasteiger partial charge in [-0.2, -0.15) is 0 Å². The lowest BCUT2D eigenvalue weighted by atomic mass is 9.73. The molecule has 0 aliphatic carbocycles. The number of aryl methyl sites for hydroxylation is 2. The molecule has 1 N–H and O–H groups in total. The molecule has 0 aromatic heterocycles. The first-order chi connectivity index (χ1) is 10.2. The van der Waals surface area contributed by atoms with E-state index in [0.29, 0.717) is 0 Å². The molecule has 114 valence electrons. The summed E-state index contributed by atoms with van der Waals surface area (Å²) in [5.74, 6) is 0. The zero-order valence-electron chi connectivity index (χ0n) is 13.2. The molecule has 0 bridgehead atoms. The molecule has 0 saturated carbocycles. The van der Waals surface area contributed by atoms with E-state index >= 15 is 0 Å². The Morgan fingerprint density at radius 1 is 1.24 bits per heavy atom. The number of nitrogens with zero attached hydrogens (tertiary/aromatic N) is 1. The highest BCUT2D eigenvalue weighted by Gasteiger charge is 2.41. The molecule has 1 amide bonds. The SMILES string of the molecule is CCCc1cc2c(cc1CC)C1(CCN(C=O)CC1)CN2. The molecule has 1 spiro atoms. The molecule has 0 atom stereocenters. The van der Waals surface area contributed by atoms with E-state index in [-0.39, 0.29) is 5.41 Å². The number of anilines is 1. The fourth-order valence-corrected chi connectivity index (χ4v) is 3.97. The van der Waals surface area contributed by atoms with Gasteiger partial charge in [0, 0.05) is 30.7 Å². The molecule has 1 aromatic rings. The van der Waals surface area contributed by atoms with Gasteiger partial charge in [-0.3, -0.25) is 4.79 Å². The van der Waals surface area contributed by atoms with Gasteiger partial charge in [0.25, 0.3) is 0 Å². The van der Waals surface area contributed by atoms with Gasteiger partial charge in [0.05, 0.1) is 0 Å².